The molecule has 19 heavy (non-hydrogen) atoms. The van der Waals surface area contributed by atoms with E-state index in [1.807, 2.05) is 0 Å². The van der Waals surface area contributed by atoms with E-state index in [-0.39, 0.29) is 12.4 Å². The SMILES string of the molecule is COC(=O)C(C)NC(=O)COc1ccc(Br)cc1F. The zero-order valence-corrected chi connectivity index (χ0v) is 12.0. The van der Waals surface area contributed by atoms with Crippen LogP contribution in [0, 0.1) is 5.82 Å². The van der Waals surface area contributed by atoms with Crippen LogP contribution in [0.2, 0.25) is 0 Å². The van der Waals surface area contributed by atoms with Crippen LogP contribution in [0.25, 0.3) is 0 Å². The van der Waals surface area contributed by atoms with Gasteiger partial charge in [-0.05, 0) is 25.1 Å². The largest absolute Gasteiger partial charge is 0.481 e. The highest BCUT2D eigenvalue weighted by atomic mass is 79.9. The van der Waals surface area contributed by atoms with Gasteiger partial charge in [0.25, 0.3) is 5.91 Å². The molecule has 0 fully saturated rings. The van der Waals surface area contributed by atoms with E-state index in [0.717, 1.165) is 0 Å². The first-order valence-corrected chi connectivity index (χ1v) is 6.18. The van der Waals surface area contributed by atoms with Crippen molar-refractivity contribution in [1.29, 1.82) is 0 Å². The van der Waals surface area contributed by atoms with E-state index >= 15 is 0 Å². The van der Waals surface area contributed by atoms with Crippen LogP contribution < -0.4 is 10.1 Å². The maximum atomic E-state index is 13.4. The maximum Gasteiger partial charge on any atom is 0.328 e. The summed E-state index contributed by atoms with van der Waals surface area (Å²) in [6, 6.07) is 3.43. The Morgan fingerprint density at radius 1 is 1.47 bits per heavy atom. The molecule has 104 valence electrons. The van der Waals surface area contributed by atoms with Crippen LogP contribution in [0.3, 0.4) is 0 Å². The van der Waals surface area contributed by atoms with Crippen molar-refractivity contribution in [3.8, 4) is 5.75 Å². The smallest absolute Gasteiger partial charge is 0.328 e. The predicted molar refractivity (Wildman–Crippen MR) is 69.2 cm³/mol. The van der Waals surface area contributed by atoms with Gasteiger partial charge in [0.15, 0.2) is 18.2 Å². The third kappa shape index (κ3) is 4.86. The minimum Gasteiger partial charge on any atom is -0.481 e. The van der Waals surface area contributed by atoms with Crippen molar-refractivity contribution in [3.05, 3.63) is 28.5 Å². The quantitative estimate of drug-likeness (QED) is 0.832. The summed E-state index contributed by atoms with van der Waals surface area (Å²) in [6.45, 7) is 1.09. The topological polar surface area (TPSA) is 64.6 Å². The molecule has 1 aromatic rings. The van der Waals surface area contributed by atoms with Gasteiger partial charge in [0.05, 0.1) is 7.11 Å². The molecule has 0 radical (unpaired) electrons. The van der Waals surface area contributed by atoms with Crippen LogP contribution in [0.4, 0.5) is 4.39 Å². The highest BCUT2D eigenvalue weighted by molar-refractivity contribution is 9.10. The van der Waals surface area contributed by atoms with Gasteiger partial charge in [-0.25, -0.2) is 9.18 Å². The van der Waals surface area contributed by atoms with E-state index in [1.165, 1.54) is 26.2 Å². The number of nitrogens with one attached hydrogen (secondary N) is 1. The summed E-state index contributed by atoms with van der Waals surface area (Å²) < 4.78 is 23.4. The lowest BCUT2D eigenvalue weighted by Crippen LogP contribution is -2.41. The van der Waals surface area contributed by atoms with Crippen molar-refractivity contribution in [3.63, 3.8) is 0 Å². The molecule has 0 aliphatic carbocycles. The fraction of sp³-hybridized carbons (Fsp3) is 0.333. The van der Waals surface area contributed by atoms with Gasteiger partial charge >= 0.3 is 5.97 Å². The Morgan fingerprint density at radius 2 is 2.16 bits per heavy atom. The van der Waals surface area contributed by atoms with E-state index in [9.17, 15) is 14.0 Å². The first-order valence-electron chi connectivity index (χ1n) is 5.39. The summed E-state index contributed by atoms with van der Waals surface area (Å²) >= 11 is 3.11. The van der Waals surface area contributed by atoms with Gasteiger partial charge in [-0.3, -0.25) is 4.79 Å². The molecule has 0 saturated heterocycles. The highest BCUT2D eigenvalue weighted by Gasteiger charge is 2.16. The second kappa shape index (κ2) is 7.08. The number of carbonyl (C=O) groups is 2. The van der Waals surface area contributed by atoms with Crippen LogP contribution >= 0.6 is 15.9 Å². The van der Waals surface area contributed by atoms with Crippen LogP contribution in [-0.2, 0) is 14.3 Å². The number of esters is 1. The lowest BCUT2D eigenvalue weighted by atomic mass is 10.3. The van der Waals surface area contributed by atoms with Crippen molar-refractivity contribution < 1.29 is 23.5 Å². The molecular weight excluding hydrogens is 321 g/mol. The minimum atomic E-state index is -0.782. The fourth-order valence-corrected chi connectivity index (χ4v) is 1.59. The third-order valence-corrected chi connectivity index (χ3v) is 2.68. The third-order valence-electron chi connectivity index (χ3n) is 2.18. The molecule has 1 rings (SSSR count). The molecule has 5 nitrogen and oxygen atoms in total. The van der Waals surface area contributed by atoms with Crippen molar-refractivity contribution in [2.24, 2.45) is 0 Å². The van der Waals surface area contributed by atoms with Gasteiger partial charge in [-0.1, -0.05) is 15.9 Å². The standard InChI is InChI=1S/C12H13BrFNO4/c1-7(12(17)18-2)15-11(16)6-19-10-4-3-8(13)5-9(10)14/h3-5,7H,6H2,1-2H3,(H,15,16). The summed E-state index contributed by atoms with van der Waals surface area (Å²) in [7, 11) is 1.22. The minimum absolute atomic E-state index is 0.0379. The Labute approximate surface area is 118 Å². The normalized spacial score (nSPS) is 11.6. The Morgan fingerprint density at radius 3 is 2.74 bits per heavy atom. The van der Waals surface area contributed by atoms with E-state index in [4.69, 9.17) is 4.74 Å². The first-order chi connectivity index (χ1) is 8.93. The Kier molecular flexibility index (Phi) is 5.75. The zero-order chi connectivity index (χ0) is 14.4. The molecule has 0 heterocycles. The number of benzene rings is 1. The second-order valence-corrected chi connectivity index (χ2v) is 4.59. The van der Waals surface area contributed by atoms with Gasteiger partial charge in [0, 0.05) is 4.47 Å². The van der Waals surface area contributed by atoms with E-state index in [0.29, 0.717) is 4.47 Å². The number of hydrogen-bond acceptors (Lipinski definition) is 4. The number of methoxy groups -OCH3 is 1. The zero-order valence-electron chi connectivity index (χ0n) is 10.4. The maximum absolute atomic E-state index is 13.4. The average molecular weight is 334 g/mol. The Balaban J connectivity index is 2.48. The molecule has 1 atom stereocenters. The summed E-state index contributed by atoms with van der Waals surface area (Å²) in [5, 5.41) is 2.36. The summed E-state index contributed by atoms with van der Waals surface area (Å²) in [6.07, 6.45) is 0. The van der Waals surface area contributed by atoms with E-state index in [2.05, 4.69) is 26.0 Å². The Bertz CT molecular complexity index is 481. The van der Waals surface area contributed by atoms with Crippen LogP contribution in [0.5, 0.6) is 5.75 Å². The van der Waals surface area contributed by atoms with E-state index < -0.39 is 23.7 Å². The Hall–Kier alpha value is -1.63. The van der Waals surface area contributed by atoms with Gasteiger partial charge in [-0.2, -0.15) is 0 Å². The van der Waals surface area contributed by atoms with Crippen LogP contribution in [0.15, 0.2) is 22.7 Å². The van der Waals surface area contributed by atoms with Crippen LogP contribution in [-0.4, -0.2) is 31.6 Å². The van der Waals surface area contributed by atoms with Crippen molar-refractivity contribution in [2.45, 2.75) is 13.0 Å². The van der Waals surface area contributed by atoms with Crippen molar-refractivity contribution in [2.75, 3.05) is 13.7 Å². The molecule has 0 bridgehead atoms. The molecule has 0 aliphatic heterocycles. The highest BCUT2D eigenvalue weighted by Crippen LogP contribution is 2.21. The molecule has 1 N–H and O–H groups in total. The van der Waals surface area contributed by atoms with Crippen molar-refractivity contribution >= 4 is 27.8 Å². The molecule has 0 saturated carbocycles. The number of halogens is 2. The number of carbonyl (C=O) groups excluding carboxylic acids is 2. The number of rotatable bonds is 5. The van der Waals surface area contributed by atoms with Gasteiger partial charge in [0.1, 0.15) is 6.04 Å². The first kappa shape index (κ1) is 15.4. The number of ether oxygens (including phenoxy) is 2. The predicted octanol–water partition coefficient (Wildman–Crippen LogP) is 1.64. The summed E-state index contributed by atoms with van der Waals surface area (Å²) in [5.41, 5.74) is 0. The lowest BCUT2D eigenvalue weighted by molar-refractivity contribution is -0.144. The molecule has 0 spiro atoms. The molecular formula is C12H13BrFNO4. The molecule has 0 aliphatic rings. The van der Waals surface area contributed by atoms with Gasteiger partial charge in [-0.15, -0.1) is 0 Å². The van der Waals surface area contributed by atoms with Gasteiger partial charge in [0.2, 0.25) is 0 Å². The molecule has 0 aromatic heterocycles. The van der Waals surface area contributed by atoms with Gasteiger partial charge < -0.3 is 14.8 Å². The summed E-state index contributed by atoms with van der Waals surface area (Å²) in [4.78, 5) is 22.5. The van der Waals surface area contributed by atoms with Crippen molar-refractivity contribution in [1.82, 2.24) is 5.32 Å². The lowest BCUT2D eigenvalue weighted by Gasteiger charge is -2.12. The van der Waals surface area contributed by atoms with Crippen LogP contribution in [0.1, 0.15) is 6.92 Å². The average Bonchev–Trinajstić information content (AvgIpc) is 2.36. The fourth-order valence-electron chi connectivity index (χ4n) is 1.25. The molecule has 1 aromatic carbocycles. The molecule has 1 unspecified atom stereocenters. The second-order valence-electron chi connectivity index (χ2n) is 3.68. The summed E-state index contributed by atoms with van der Waals surface area (Å²) in [5.74, 6) is -1.73. The number of hydrogen-bond donors (Lipinski definition) is 1. The monoisotopic (exact) mass is 333 g/mol. The van der Waals surface area contributed by atoms with E-state index in [1.54, 1.807) is 6.07 Å². The molecule has 7 heteroatoms. The molecule has 1 amide bonds. The number of amides is 1.